The van der Waals surface area contributed by atoms with Crippen LogP contribution in [-0.4, -0.2) is 57.1 Å². The number of ether oxygens (including phenoxy) is 3. The highest BCUT2D eigenvalue weighted by Crippen LogP contribution is 2.28. The van der Waals surface area contributed by atoms with Gasteiger partial charge in [-0.1, -0.05) is 29.5 Å². The normalized spacial score (nSPS) is 16.8. The average Bonchev–Trinajstić information content (AvgIpc) is 3.50. The molecule has 2 aromatic carbocycles. The lowest BCUT2D eigenvalue weighted by Crippen LogP contribution is -2.46. The summed E-state index contributed by atoms with van der Waals surface area (Å²) in [6.07, 6.45) is 6.91. The number of nitrogens with one attached hydrogen (secondary N) is 1. The molecule has 9 nitrogen and oxygen atoms in total. The van der Waals surface area contributed by atoms with E-state index in [0.717, 1.165) is 40.0 Å². The molecule has 11 heteroatoms. The monoisotopic (exact) mass is 619 g/mol. The first-order valence-corrected chi connectivity index (χ1v) is 16.2. The number of aryl methyl sites for hydroxylation is 1. The third-order valence-electron chi connectivity index (χ3n) is 6.76. The predicted octanol–water partition coefficient (Wildman–Crippen LogP) is 5.72. The fraction of sp³-hybridized carbons (Fsp3) is 0.312. The van der Waals surface area contributed by atoms with Gasteiger partial charge in [-0.05, 0) is 80.8 Å². The van der Waals surface area contributed by atoms with Crippen LogP contribution in [0.4, 0.5) is 5.82 Å². The number of aromatic nitrogens is 2. The zero-order valence-corrected chi connectivity index (χ0v) is 25.6. The van der Waals surface area contributed by atoms with E-state index in [1.54, 1.807) is 43.0 Å². The Kier molecular flexibility index (Phi) is 10.1. The molecule has 5 rings (SSSR count). The molecule has 1 aliphatic rings. The van der Waals surface area contributed by atoms with Crippen LogP contribution in [0.5, 0.6) is 5.75 Å². The largest absolute Gasteiger partial charge is 0.490 e. The molecule has 2 atom stereocenters. The molecule has 0 radical (unpaired) electrons. The molecule has 2 unspecified atom stereocenters. The van der Waals surface area contributed by atoms with Gasteiger partial charge in [-0.25, -0.2) is 9.97 Å². The van der Waals surface area contributed by atoms with Gasteiger partial charge in [0.05, 0.1) is 20.6 Å². The van der Waals surface area contributed by atoms with Crippen LogP contribution in [-0.2, 0) is 23.8 Å². The molecule has 0 saturated carbocycles. The molecular weight excluding hydrogens is 587 g/mol. The van der Waals surface area contributed by atoms with Crippen LogP contribution in [0, 0.1) is 18.8 Å². The van der Waals surface area contributed by atoms with Gasteiger partial charge in [0.15, 0.2) is 6.29 Å². The molecule has 224 valence electrons. The van der Waals surface area contributed by atoms with Crippen molar-refractivity contribution in [3.05, 3.63) is 89.6 Å². The van der Waals surface area contributed by atoms with Crippen LogP contribution in [0.15, 0.2) is 83.4 Å². The maximum absolute atomic E-state index is 13.2. The maximum atomic E-state index is 13.2. The Hall–Kier alpha value is -3.79. The minimum absolute atomic E-state index is 0.0544. The van der Waals surface area contributed by atoms with Crippen molar-refractivity contribution in [3.63, 3.8) is 0 Å². The van der Waals surface area contributed by atoms with Crippen LogP contribution in [0.25, 0.3) is 10.2 Å². The fourth-order valence-electron chi connectivity index (χ4n) is 4.33. The van der Waals surface area contributed by atoms with E-state index < -0.39 is 22.0 Å². The summed E-state index contributed by atoms with van der Waals surface area (Å²) in [7, 11) is -2.31. The number of thiazole rings is 1. The predicted molar refractivity (Wildman–Crippen MR) is 167 cm³/mol. The van der Waals surface area contributed by atoms with Crippen molar-refractivity contribution in [2.24, 2.45) is 0 Å². The lowest BCUT2D eigenvalue weighted by Gasteiger charge is -2.35. The third-order valence-corrected chi connectivity index (χ3v) is 8.83. The molecule has 1 saturated heterocycles. The van der Waals surface area contributed by atoms with Crippen molar-refractivity contribution in [2.45, 2.75) is 43.0 Å². The summed E-state index contributed by atoms with van der Waals surface area (Å²) in [5, 5.41) is 2.98. The SMILES string of the molecule is CNc1ccc(C#CC=CC(COc2ccc3ncsc3c2)(COS(=O)(=O)c2ccc(C)cc2)OC2CCCCO2)cn1. The van der Waals surface area contributed by atoms with Crippen molar-refractivity contribution in [3.8, 4) is 17.6 Å². The van der Waals surface area contributed by atoms with E-state index in [1.165, 1.54) is 23.5 Å². The minimum atomic E-state index is -4.10. The number of rotatable bonds is 11. The van der Waals surface area contributed by atoms with Gasteiger partial charge in [0.2, 0.25) is 0 Å². The summed E-state index contributed by atoms with van der Waals surface area (Å²) in [4.78, 5) is 8.66. The first-order chi connectivity index (χ1) is 20.8. The Labute approximate surface area is 256 Å². The maximum Gasteiger partial charge on any atom is 0.297 e. The number of benzene rings is 2. The number of pyridine rings is 1. The van der Waals surface area contributed by atoms with Gasteiger partial charge in [0.1, 0.15) is 30.4 Å². The van der Waals surface area contributed by atoms with E-state index >= 15 is 0 Å². The molecule has 4 aromatic rings. The van der Waals surface area contributed by atoms with Crippen LogP contribution >= 0.6 is 11.3 Å². The number of fused-ring (bicyclic) bond motifs is 1. The second kappa shape index (κ2) is 14.1. The molecule has 1 fully saturated rings. The topological polar surface area (TPSA) is 109 Å². The first-order valence-electron chi connectivity index (χ1n) is 13.9. The van der Waals surface area contributed by atoms with E-state index in [4.69, 9.17) is 18.4 Å². The van der Waals surface area contributed by atoms with Gasteiger partial charge in [-0.2, -0.15) is 8.42 Å². The van der Waals surface area contributed by atoms with Crippen molar-refractivity contribution in [1.29, 1.82) is 0 Å². The van der Waals surface area contributed by atoms with Crippen molar-refractivity contribution < 1.29 is 26.8 Å². The van der Waals surface area contributed by atoms with Gasteiger partial charge in [0.25, 0.3) is 10.1 Å². The second-order valence-corrected chi connectivity index (χ2v) is 12.6. The molecule has 2 aromatic heterocycles. The highest BCUT2D eigenvalue weighted by Gasteiger charge is 2.37. The van der Waals surface area contributed by atoms with E-state index in [-0.39, 0.29) is 18.1 Å². The zero-order chi connectivity index (χ0) is 30.1. The zero-order valence-electron chi connectivity index (χ0n) is 24.0. The van der Waals surface area contributed by atoms with Crippen LogP contribution < -0.4 is 10.1 Å². The molecule has 0 aliphatic carbocycles. The van der Waals surface area contributed by atoms with Gasteiger partial charge in [0, 0.05) is 25.4 Å². The lowest BCUT2D eigenvalue weighted by molar-refractivity contribution is -0.223. The van der Waals surface area contributed by atoms with Gasteiger partial charge < -0.3 is 19.5 Å². The van der Waals surface area contributed by atoms with Gasteiger partial charge >= 0.3 is 0 Å². The summed E-state index contributed by atoms with van der Waals surface area (Å²) in [6, 6.07) is 15.8. The molecular formula is C32H33N3O6S2. The van der Waals surface area contributed by atoms with E-state index in [2.05, 4.69) is 27.1 Å². The summed E-state index contributed by atoms with van der Waals surface area (Å²) in [5.74, 6) is 7.38. The molecule has 43 heavy (non-hydrogen) atoms. The highest BCUT2D eigenvalue weighted by atomic mass is 32.2. The molecule has 1 N–H and O–H groups in total. The summed E-state index contributed by atoms with van der Waals surface area (Å²) < 4.78 is 51.6. The summed E-state index contributed by atoms with van der Waals surface area (Å²) in [6.45, 7) is 2.02. The standard InChI is InChI=1S/C32H33N3O6S2/c1-24-9-13-27(14-10-24)43(36,37)40-22-32(41-31-8-4-6-18-38-31,17-5-3-7-25-11-16-30(33-2)34-20-25)21-39-26-12-15-28-29(19-26)42-23-35-28/h5,9-17,19-20,23,31H,4,6,8,18,21-22H2,1-2H3,(H,33,34). The van der Waals surface area contributed by atoms with Crippen LogP contribution in [0.3, 0.4) is 0 Å². The Bertz CT molecular complexity index is 1700. The Morgan fingerprint density at radius 2 is 1.98 bits per heavy atom. The van der Waals surface area contributed by atoms with E-state index in [0.29, 0.717) is 18.8 Å². The smallest absolute Gasteiger partial charge is 0.297 e. The lowest BCUT2D eigenvalue weighted by atomic mass is 10.0. The molecule has 0 spiro atoms. The molecule has 0 amide bonds. The summed E-state index contributed by atoms with van der Waals surface area (Å²) in [5.41, 5.74) is 2.95. The van der Waals surface area contributed by atoms with E-state index in [9.17, 15) is 8.42 Å². The highest BCUT2D eigenvalue weighted by molar-refractivity contribution is 7.86. The Balaban J connectivity index is 1.45. The first kappa shape index (κ1) is 30.7. The van der Waals surface area contributed by atoms with Crippen LogP contribution in [0.2, 0.25) is 0 Å². The number of allylic oxidation sites excluding steroid dienone is 1. The number of anilines is 1. The van der Waals surface area contributed by atoms with Crippen molar-refractivity contribution in [2.75, 3.05) is 32.2 Å². The number of hydrogen-bond donors (Lipinski definition) is 1. The number of hydrogen-bond acceptors (Lipinski definition) is 10. The quantitative estimate of drug-likeness (QED) is 0.167. The van der Waals surface area contributed by atoms with Gasteiger partial charge in [-0.15, -0.1) is 11.3 Å². The third kappa shape index (κ3) is 8.40. The average molecular weight is 620 g/mol. The summed E-state index contributed by atoms with van der Waals surface area (Å²) >= 11 is 1.50. The Morgan fingerprint density at radius 1 is 1.12 bits per heavy atom. The van der Waals surface area contributed by atoms with Gasteiger partial charge in [-0.3, -0.25) is 4.18 Å². The van der Waals surface area contributed by atoms with Crippen molar-refractivity contribution >= 4 is 37.5 Å². The van der Waals surface area contributed by atoms with E-state index in [1.807, 2.05) is 37.3 Å². The van der Waals surface area contributed by atoms with Crippen LogP contribution in [0.1, 0.15) is 30.4 Å². The number of nitrogens with zero attached hydrogens (tertiary/aromatic N) is 2. The molecule has 3 heterocycles. The Morgan fingerprint density at radius 3 is 2.72 bits per heavy atom. The molecule has 0 bridgehead atoms. The second-order valence-electron chi connectivity index (χ2n) is 10.1. The fourth-order valence-corrected chi connectivity index (χ4v) is 5.99. The molecule has 1 aliphatic heterocycles. The van der Waals surface area contributed by atoms with Crippen molar-refractivity contribution in [1.82, 2.24) is 9.97 Å². The minimum Gasteiger partial charge on any atom is -0.490 e.